The maximum absolute atomic E-state index is 9.52. The van der Waals surface area contributed by atoms with Gasteiger partial charge in [-0.15, -0.1) is 0 Å². The molecule has 3 heteroatoms. The van der Waals surface area contributed by atoms with Crippen molar-refractivity contribution in [3.05, 3.63) is 21.3 Å². The van der Waals surface area contributed by atoms with Gasteiger partial charge in [0.2, 0.25) is 0 Å². The minimum atomic E-state index is 0.239. The maximum Gasteiger partial charge on any atom is 0.171 e. The summed E-state index contributed by atoms with van der Waals surface area (Å²) in [5.41, 5.74) is 1.10. The number of phenols is 1. The fourth-order valence-corrected chi connectivity index (χ4v) is 1.73. The van der Waals surface area contributed by atoms with Crippen LogP contribution in [-0.2, 0) is 0 Å². The van der Waals surface area contributed by atoms with E-state index in [1.165, 1.54) is 0 Å². The third-order valence-electron chi connectivity index (χ3n) is 1.47. The predicted octanol–water partition coefficient (Wildman–Crippen LogP) is 2.70. The van der Waals surface area contributed by atoms with Crippen LogP contribution in [-0.4, -0.2) is 11.7 Å². The van der Waals surface area contributed by atoms with Crippen LogP contribution < -0.4 is 4.74 Å². The molecule has 0 radical (unpaired) electrons. The van der Waals surface area contributed by atoms with Crippen molar-refractivity contribution < 1.29 is 9.84 Å². The van der Waals surface area contributed by atoms with Gasteiger partial charge >= 0.3 is 0 Å². The molecule has 0 fully saturated rings. The van der Waals surface area contributed by atoms with Gasteiger partial charge in [0, 0.05) is 0 Å². The summed E-state index contributed by atoms with van der Waals surface area (Å²) in [6, 6.07) is 3.75. The fraction of sp³-hybridized carbons (Fsp3) is 0.333. The summed E-state index contributed by atoms with van der Waals surface area (Å²) in [7, 11) is 0. The molecule has 0 aliphatic rings. The molecule has 1 N–H and O–H groups in total. The lowest BCUT2D eigenvalue weighted by Crippen LogP contribution is -1.93. The van der Waals surface area contributed by atoms with Gasteiger partial charge in [0.25, 0.3) is 0 Å². The second-order valence-electron chi connectivity index (χ2n) is 2.53. The van der Waals surface area contributed by atoms with E-state index >= 15 is 0 Å². The van der Waals surface area contributed by atoms with Gasteiger partial charge in [-0.05, 0) is 54.1 Å². The molecule has 0 bridgehead atoms. The topological polar surface area (TPSA) is 29.5 Å². The average molecular weight is 278 g/mol. The number of hydrogen-bond donors (Lipinski definition) is 1. The van der Waals surface area contributed by atoms with Crippen LogP contribution in [0.5, 0.6) is 11.5 Å². The first kappa shape index (κ1) is 9.64. The van der Waals surface area contributed by atoms with Gasteiger partial charge in [0.15, 0.2) is 11.5 Å². The van der Waals surface area contributed by atoms with E-state index in [4.69, 9.17) is 4.74 Å². The second kappa shape index (κ2) is 3.98. The van der Waals surface area contributed by atoms with Crippen LogP contribution in [0.1, 0.15) is 12.5 Å². The van der Waals surface area contributed by atoms with Crippen LogP contribution in [0.25, 0.3) is 0 Å². The number of ether oxygens (including phenoxy) is 1. The van der Waals surface area contributed by atoms with Gasteiger partial charge in [0.05, 0.1) is 10.2 Å². The molecule has 2 nitrogen and oxygen atoms in total. The lowest BCUT2D eigenvalue weighted by molar-refractivity contribution is 0.317. The largest absolute Gasteiger partial charge is 0.504 e. The Bertz CT molecular complexity index is 284. The zero-order valence-corrected chi connectivity index (χ0v) is 9.25. The Morgan fingerprint density at radius 1 is 1.50 bits per heavy atom. The highest BCUT2D eigenvalue weighted by atomic mass is 127. The van der Waals surface area contributed by atoms with Crippen LogP contribution in [0, 0.1) is 10.5 Å². The predicted molar refractivity (Wildman–Crippen MR) is 56.7 cm³/mol. The summed E-state index contributed by atoms with van der Waals surface area (Å²) in [5, 5.41) is 9.52. The molecule has 0 aliphatic carbocycles. The van der Waals surface area contributed by atoms with E-state index in [-0.39, 0.29) is 5.75 Å². The molecule has 0 amide bonds. The van der Waals surface area contributed by atoms with Gasteiger partial charge in [-0.2, -0.15) is 0 Å². The molecule has 1 rings (SSSR count). The van der Waals surface area contributed by atoms with Gasteiger partial charge in [-0.3, -0.25) is 0 Å². The zero-order valence-electron chi connectivity index (χ0n) is 7.10. The van der Waals surface area contributed by atoms with Crippen molar-refractivity contribution in [1.82, 2.24) is 0 Å². The summed E-state index contributed by atoms with van der Waals surface area (Å²) in [6.45, 7) is 4.45. The van der Waals surface area contributed by atoms with E-state index in [1.54, 1.807) is 0 Å². The summed E-state index contributed by atoms with van der Waals surface area (Å²) in [4.78, 5) is 0. The van der Waals surface area contributed by atoms with Crippen molar-refractivity contribution in [1.29, 1.82) is 0 Å². The number of benzene rings is 1. The number of hydrogen-bond acceptors (Lipinski definition) is 2. The van der Waals surface area contributed by atoms with Crippen molar-refractivity contribution in [3.63, 3.8) is 0 Å². The molecule has 0 saturated heterocycles. The first-order chi connectivity index (χ1) is 5.65. The third kappa shape index (κ3) is 2.03. The highest BCUT2D eigenvalue weighted by Gasteiger charge is 2.06. The van der Waals surface area contributed by atoms with Crippen molar-refractivity contribution >= 4 is 22.6 Å². The normalized spacial score (nSPS) is 9.92. The second-order valence-corrected chi connectivity index (χ2v) is 3.69. The van der Waals surface area contributed by atoms with Gasteiger partial charge in [-0.1, -0.05) is 0 Å². The summed E-state index contributed by atoms with van der Waals surface area (Å²) < 4.78 is 6.07. The maximum atomic E-state index is 9.52. The number of aryl methyl sites for hydroxylation is 1. The van der Waals surface area contributed by atoms with Crippen LogP contribution in [0.3, 0.4) is 0 Å². The quantitative estimate of drug-likeness (QED) is 0.843. The number of aromatic hydroxyl groups is 1. The Morgan fingerprint density at radius 3 is 2.75 bits per heavy atom. The average Bonchev–Trinajstić information content (AvgIpc) is 2.00. The Balaban J connectivity index is 3.09. The molecule has 0 spiro atoms. The highest BCUT2D eigenvalue weighted by molar-refractivity contribution is 14.1. The molecule has 1 aromatic rings. The SMILES string of the molecule is CCOc1cc(C)cc(I)c1O. The summed E-state index contributed by atoms with van der Waals surface area (Å²) >= 11 is 2.09. The number of halogens is 1. The molecule has 0 saturated carbocycles. The minimum absolute atomic E-state index is 0.239. The zero-order chi connectivity index (χ0) is 9.14. The van der Waals surface area contributed by atoms with Crippen LogP contribution in [0.4, 0.5) is 0 Å². The van der Waals surface area contributed by atoms with E-state index in [0.717, 1.165) is 9.13 Å². The fourth-order valence-electron chi connectivity index (χ4n) is 0.968. The van der Waals surface area contributed by atoms with E-state index in [9.17, 15) is 5.11 Å². The molecule has 12 heavy (non-hydrogen) atoms. The molecule has 0 heterocycles. The lowest BCUT2D eigenvalue weighted by Gasteiger charge is -2.07. The summed E-state index contributed by atoms with van der Waals surface area (Å²) in [6.07, 6.45) is 0. The highest BCUT2D eigenvalue weighted by Crippen LogP contribution is 2.32. The molecule has 0 aromatic heterocycles. The van der Waals surface area contributed by atoms with Crippen molar-refractivity contribution in [2.24, 2.45) is 0 Å². The van der Waals surface area contributed by atoms with E-state index in [2.05, 4.69) is 22.6 Å². The Labute approximate surface area is 85.7 Å². The molecule has 0 unspecified atom stereocenters. The van der Waals surface area contributed by atoms with Crippen molar-refractivity contribution in [2.75, 3.05) is 6.61 Å². The van der Waals surface area contributed by atoms with Gasteiger partial charge in [0.1, 0.15) is 0 Å². The lowest BCUT2D eigenvalue weighted by atomic mass is 10.2. The standard InChI is InChI=1S/C9H11IO2/c1-3-12-8-5-6(2)4-7(10)9(8)11/h4-5,11H,3H2,1-2H3. The summed E-state index contributed by atoms with van der Waals surface area (Å²) in [5.74, 6) is 0.810. The van der Waals surface area contributed by atoms with Crippen molar-refractivity contribution in [3.8, 4) is 11.5 Å². The monoisotopic (exact) mass is 278 g/mol. The van der Waals surface area contributed by atoms with Gasteiger partial charge < -0.3 is 9.84 Å². The van der Waals surface area contributed by atoms with Crippen LogP contribution in [0.2, 0.25) is 0 Å². The number of rotatable bonds is 2. The molecular weight excluding hydrogens is 267 g/mol. The van der Waals surface area contributed by atoms with E-state index in [1.807, 2.05) is 26.0 Å². The van der Waals surface area contributed by atoms with Crippen molar-refractivity contribution in [2.45, 2.75) is 13.8 Å². The molecule has 0 atom stereocenters. The smallest absolute Gasteiger partial charge is 0.171 e. The first-order valence-corrected chi connectivity index (χ1v) is 4.85. The minimum Gasteiger partial charge on any atom is -0.504 e. The molecule has 0 aliphatic heterocycles. The Morgan fingerprint density at radius 2 is 2.17 bits per heavy atom. The molecule has 66 valence electrons. The molecule has 1 aromatic carbocycles. The van der Waals surface area contributed by atoms with Crippen LogP contribution >= 0.6 is 22.6 Å². The first-order valence-electron chi connectivity index (χ1n) is 3.77. The van der Waals surface area contributed by atoms with E-state index in [0.29, 0.717) is 12.4 Å². The van der Waals surface area contributed by atoms with Crippen LogP contribution in [0.15, 0.2) is 12.1 Å². The van der Waals surface area contributed by atoms with Gasteiger partial charge in [-0.25, -0.2) is 0 Å². The number of phenolic OH excluding ortho intramolecular Hbond substituents is 1. The Kier molecular flexibility index (Phi) is 3.20. The Hall–Kier alpha value is -0.450. The van der Waals surface area contributed by atoms with E-state index < -0.39 is 0 Å². The molecular formula is C9H11IO2. The third-order valence-corrected chi connectivity index (χ3v) is 2.29.